The molecule has 0 aliphatic rings. The second-order valence-corrected chi connectivity index (χ2v) is 5.34. The molecule has 1 heterocycles. The number of benzene rings is 1. The van der Waals surface area contributed by atoms with E-state index in [9.17, 15) is 0 Å². The molecular weight excluding hydrogens is 270 g/mol. The van der Waals surface area contributed by atoms with Gasteiger partial charge >= 0.3 is 0 Å². The highest BCUT2D eigenvalue weighted by Gasteiger charge is 2.13. The van der Waals surface area contributed by atoms with Crippen molar-refractivity contribution in [2.24, 2.45) is 0 Å². The fraction of sp³-hybridized carbons (Fsp3) is 0.438. The lowest BCUT2D eigenvalue weighted by molar-refractivity contribution is 0.285. The minimum absolute atomic E-state index is 0.733. The first-order chi connectivity index (χ1) is 9.86. The van der Waals surface area contributed by atoms with Gasteiger partial charge in [-0.25, -0.2) is 4.98 Å². The van der Waals surface area contributed by atoms with Crippen molar-refractivity contribution >= 4 is 11.3 Å². The molecule has 1 aromatic heterocycles. The summed E-state index contributed by atoms with van der Waals surface area (Å²) in [6, 6.07) is 5.95. The van der Waals surface area contributed by atoms with Gasteiger partial charge in [-0.15, -0.1) is 11.3 Å². The van der Waals surface area contributed by atoms with Gasteiger partial charge in [-0.1, -0.05) is 32.3 Å². The molecule has 3 nitrogen and oxygen atoms in total. The molecule has 0 fully saturated rings. The Morgan fingerprint density at radius 1 is 1.20 bits per heavy atom. The Balaban J connectivity index is 2.07. The third-order valence-corrected chi connectivity index (χ3v) is 3.73. The number of rotatable bonds is 8. The number of aromatic nitrogens is 1. The molecule has 1 aromatic carbocycles. The molecule has 2 aromatic rings. The van der Waals surface area contributed by atoms with Gasteiger partial charge in [-0.2, -0.15) is 0 Å². The molecule has 20 heavy (non-hydrogen) atoms. The summed E-state index contributed by atoms with van der Waals surface area (Å²) in [4.78, 5) is 4.34. The number of thiazole rings is 1. The summed E-state index contributed by atoms with van der Waals surface area (Å²) in [6.07, 6.45) is 4.80. The summed E-state index contributed by atoms with van der Waals surface area (Å²) in [6.45, 7) is 2.94. The fourth-order valence-corrected chi connectivity index (χ4v) is 2.65. The molecule has 0 amide bonds. The van der Waals surface area contributed by atoms with Gasteiger partial charge in [0.2, 0.25) is 0 Å². The zero-order valence-corrected chi connectivity index (χ0v) is 12.9. The maximum Gasteiger partial charge on any atom is 0.170 e. The number of para-hydroxylation sites is 1. The molecule has 0 N–H and O–H groups in total. The Bertz CT molecular complexity index is 511. The third kappa shape index (κ3) is 3.73. The molecule has 0 bridgehead atoms. The number of hydrogen-bond acceptors (Lipinski definition) is 4. The lowest BCUT2D eigenvalue weighted by atomic mass is 10.1. The third-order valence-electron chi connectivity index (χ3n) is 3.15. The first kappa shape index (κ1) is 14.9. The molecule has 2 rings (SSSR count). The van der Waals surface area contributed by atoms with Crippen LogP contribution in [-0.4, -0.2) is 18.7 Å². The van der Waals surface area contributed by atoms with E-state index in [0.29, 0.717) is 0 Å². The van der Waals surface area contributed by atoms with Crippen LogP contribution in [0.15, 0.2) is 29.1 Å². The molecule has 0 aliphatic heterocycles. The first-order valence-electron chi connectivity index (χ1n) is 7.05. The molecule has 0 saturated heterocycles. The Morgan fingerprint density at radius 2 is 2.10 bits per heavy atom. The normalized spacial score (nSPS) is 10.5. The van der Waals surface area contributed by atoms with Crippen molar-refractivity contribution in [1.29, 1.82) is 0 Å². The van der Waals surface area contributed by atoms with E-state index in [-0.39, 0.29) is 0 Å². The summed E-state index contributed by atoms with van der Waals surface area (Å²) in [7, 11) is 1.68. The highest BCUT2D eigenvalue weighted by molar-refractivity contribution is 7.07. The van der Waals surface area contributed by atoms with E-state index in [1.807, 2.05) is 29.1 Å². The van der Waals surface area contributed by atoms with E-state index < -0.39 is 0 Å². The minimum atomic E-state index is 0.733. The van der Waals surface area contributed by atoms with Gasteiger partial charge in [-0.3, -0.25) is 0 Å². The molecule has 4 heteroatoms. The van der Waals surface area contributed by atoms with Crippen molar-refractivity contribution in [2.45, 2.75) is 32.6 Å². The standard InChI is InChI=1S/C16H21NO2S/c1-3-4-5-6-10-19-15-9-7-8-13(16(15)18-2)14-11-20-12-17-14/h7-9,11-12H,3-6,10H2,1-2H3. The molecule has 0 unspecified atom stereocenters. The molecule has 0 saturated carbocycles. The Labute approximate surface area is 124 Å². The van der Waals surface area contributed by atoms with Crippen LogP contribution >= 0.6 is 11.3 Å². The lowest BCUT2D eigenvalue weighted by Crippen LogP contribution is -2.00. The maximum absolute atomic E-state index is 5.86. The quantitative estimate of drug-likeness (QED) is 0.656. The van der Waals surface area contributed by atoms with Gasteiger partial charge < -0.3 is 9.47 Å². The predicted octanol–water partition coefficient (Wildman–Crippen LogP) is 4.78. The van der Waals surface area contributed by atoms with E-state index in [1.54, 1.807) is 18.4 Å². The van der Waals surface area contributed by atoms with Crippen molar-refractivity contribution in [3.05, 3.63) is 29.1 Å². The van der Waals surface area contributed by atoms with E-state index in [4.69, 9.17) is 9.47 Å². The Kier molecular flexibility index (Phi) is 5.87. The van der Waals surface area contributed by atoms with Crippen LogP contribution in [0.1, 0.15) is 32.6 Å². The fourth-order valence-electron chi connectivity index (χ4n) is 2.10. The number of nitrogens with zero attached hydrogens (tertiary/aromatic N) is 1. The summed E-state index contributed by atoms with van der Waals surface area (Å²) >= 11 is 1.58. The maximum atomic E-state index is 5.86. The van der Waals surface area contributed by atoms with Crippen LogP contribution in [0.25, 0.3) is 11.3 Å². The van der Waals surface area contributed by atoms with Crippen LogP contribution in [0.4, 0.5) is 0 Å². The molecule has 0 atom stereocenters. The molecular formula is C16H21NO2S. The highest BCUT2D eigenvalue weighted by Crippen LogP contribution is 2.37. The monoisotopic (exact) mass is 291 g/mol. The van der Waals surface area contributed by atoms with E-state index in [2.05, 4.69) is 11.9 Å². The molecule has 108 valence electrons. The van der Waals surface area contributed by atoms with Gasteiger partial charge in [-0.05, 0) is 18.6 Å². The van der Waals surface area contributed by atoms with Crippen LogP contribution in [0.3, 0.4) is 0 Å². The number of unbranched alkanes of at least 4 members (excludes halogenated alkanes) is 3. The second kappa shape index (κ2) is 7.90. The van der Waals surface area contributed by atoms with E-state index in [1.165, 1.54) is 19.3 Å². The summed E-state index contributed by atoms with van der Waals surface area (Å²) in [5.41, 5.74) is 3.75. The number of hydrogen-bond donors (Lipinski definition) is 0. The van der Waals surface area contributed by atoms with Crippen molar-refractivity contribution in [3.63, 3.8) is 0 Å². The average Bonchev–Trinajstić information content (AvgIpc) is 3.00. The van der Waals surface area contributed by atoms with Gasteiger partial charge in [0.15, 0.2) is 11.5 Å². The van der Waals surface area contributed by atoms with Crippen molar-refractivity contribution < 1.29 is 9.47 Å². The SMILES string of the molecule is CCCCCCOc1cccc(-c2cscn2)c1OC. The minimum Gasteiger partial charge on any atom is -0.492 e. The van der Waals surface area contributed by atoms with E-state index in [0.717, 1.165) is 35.8 Å². The Hall–Kier alpha value is -1.55. The second-order valence-electron chi connectivity index (χ2n) is 4.62. The van der Waals surface area contributed by atoms with Crippen LogP contribution < -0.4 is 9.47 Å². The number of methoxy groups -OCH3 is 1. The van der Waals surface area contributed by atoms with Crippen molar-refractivity contribution in [1.82, 2.24) is 4.98 Å². The summed E-state index contributed by atoms with van der Waals surface area (Å²) < 4.78 is 11.4. The summed E-state index contributed by atoms with van der Waals surface area (Å²) in [5.74, 6) is 1.57. The summed E-state index contributed by atoms with van der Waals surface area (Å²) in [5, 5.41) is 2.02. The Morgan fingerprint density at radius 3 is 2.80 bits per heavy atom. The topological polar surface area (TPSA) is 31.4 Å². The highest BCUT2D eigenvalue weighted by atomic mass is 32.1. The smallest absolute Gasteiger partial charge is 0.170 e. The largest absolute Gasteiger partial charge is 0.492 e. The van der Waals surface area contributed by atoms with Crippen molar-refractivity contribution in [2.75, 3.05) is 13.7 Å². The zero-order valence-electron chi connectivity index (χ0n) is 12.1. The van der Waals surface area contributed by atoms with Gasteiger partial charge in [0.25, 0.3) is 0 Å². The predicted molar refractivity (Wildman–Crippen MR) is 83.7 cm³/mol. The average molecular weight is 291 g/mol. The van der Waals surface area contributed by atoms with Gasteiger partial charge in [0.1, 0.15) is 0 Å². The number of ether oxygens (including phenoxy) is 2. The zero-order chi connectivity index (χ0) is 14.2. The molecule has 0 radical (unpaired) electrons. The first-order valence-corrected chi connectivity index (χ1v) is 7.99. The van der Waals surface area contributed by atoms with Crippen LogP contribution in [0, 0.1) is 0 Å². The van der Waals surface area contributed by atoms with Crippen LogP contribution in [0.5, 0.6) is 11.5 Å². The lowest BCUT2D eigenvalue weighted by Gasteiger charge is -2.13. The molecule has 0 spiro atoms. The van der Waals surface area contributed by atoms with E-state index >= 15 is 0 Å². The molecule has 0 aliphatic carbocycles. The van der Waals surface area contributed by atoms with Gasteiger partial charge in [0.05, 0.1) is 24.9 Å². The van der Waals surface area contributed by atoms with Crippen LogP contribution in [-0.2, 0) is 0 Å². The van der Waals surface area contributed by atoms with Crippen LogP contribution in [0.2, 0.25) is 0 Å². The van der Waals surface area contributed by atoms with Crippen molar-refractivity contribution in [3.8, 4) is 22.8 Å². The van der Waals surface area contributed by atoms with Gasteiger partial charge in [0, 0.05) is 10.9 Å².